The zero-order chi connectivity index (χ0) is 18.5. The summed E-state index contributed by atoms with van der Waals surface area (Å²) in [4.78, 5) is 18.4. The molecule has 1 amide bonds. The minimum Gasteiger partial charge on any atom is -0.490 e. The highest BCUT2D eigenvalue weighted by Gasteiger charge is 2.21. The van der Waals surface area contributed by atoms with Crippen molar-refractivity contribution in [1.29, 1.82) is 0 Å². The quantitative estimate of drug-likeness (QED) is 0.742. The van der Waals surface area contributed by atoms with Crippen LogP contribution in [-0.2, 0) is 11.3 Å². The normalized spacial score (nSPS) is 12.0. The van der Waals surface area contributed by atoms with Gasteiger partial charge in [-0.1, -0.05) is 42.5 Å². The summed E-state index contributed by atoms with van der Waals surface area (Å²) in [7, 11) is 1.67. The summed E-state index contributed by atoms with van der Waals surface area (Å²) in [5.41, 5.74) is 2.76. The summed E-state index contributed by atoms with van der Waals surface area (Å²) in [6.07, 6.45) is 0.515. The molecule has 3 aromatic rings. The minimum atomic E-state index is -1.22. The highest BCUT2D eigenvalue weighted by atomic mass is 16.5. The van der Waals surface area contributed by atoms with Crippen LogP contribution in [0, 0.1) is 6.92 Å². The Balaban J connectivity index is 1.64. The molecule has 0 unspecified atom stereocenters. The number of likely N-dealkylation sites (N-methyl/N-ethyl adjacent to an activating group) is 1. The third kappa shape index (κ3) is 4.00. The van der Waals surface area contributed by atoms with Gasteiger partial charge in [-0.2, -0.15) is 0 Å². The van der Waals surface area contributed by atoms with E-state index in [1.165, 1.54) is 4.90 Å². The van der Waals surface area contributed by atoms with Crippen molar-refractivity contribution in [3.8, 4) is 5.75 Å². The number of aromatic nitrogens is 1. The number of carbonyl (C=O) groups excluding carboxylic acids is 1. The molecule has 0 spiro atoms. The zero-order valence-electron chi connectivity index (χ0n) is 14.9. The molecule has 0 fully saturated rings. The van der Waals surface area contributed by atoms with Crippen molar-refractivity contribution < 1.29 is 14.6 Å². The number of nitrogens with zero attached hydrogens (tertiary/aromatic N) is 2. The first-order valence-electron chi connectivity index (χ1n) is 8.50. The molecule has 0 saturated heterocycles. The van der Waals surface area contributed by atoms with E-state index in [2.05, 4.69) is 4.98 Å². The standard InChI is InChI=1S/C21H22N2O3/c1-15-7-3-4-11-19(15)26-14-18(24)21(25)23(2)13-17-9-5-8-16-10-6-12-22-20(16)17/h3-12,18,24H,13-14H2,1-2H3/t18-/m1/s1. The summed E-state index contributed by atoms with van der Waals surface area (Å²) < 4.78 is 5.58. The van der Waals surface area contributed by atoms with Gasteiger partial charge in [-0.05, 0) is 30.2 Å². The lowest BCUT2D eigenvalue weighted by Crippen LogP contribution is -2.39. The molecule has 0 aliphatic heterocycles. The maximum Gasteiger partial charge on any atom is 0.255 e. The third-order valence-corrected chi connectivity index (χ3v) is 4.28. The summed E-state index contributed by atoms with van der Waals surface area (Å²) in [6, 6.07) is 17.2. The number of pyridine rings is 1. The molecule has 3 rings (SSSR count). The topological polar surface area (TPSA) is 62.7 Å². The predicted octanol–water partition coefficient (Wildman–Crippen LogP) is 2.94. The van der Waals surface area contributed by atoms with Crippen LogP contribution in [0.3, 0.4) is 0 Å². The Morgan fingerprint density at radius 2 is 1.92 bits per heavy atom. The monoisotopic (exact) mass is 350 g/mol. The van der Waals surface area contributed by atoms with E-state index in [1.807, 2.05) is 61.5 Å². The molecule has 1 atom stereocenters. The lowest BCUT2D eigenvalue weighted by atomic mass is 10.1. The molecule has 2 aromatic carbocycles. The number of ether oxygens (including phenoxy) is 1. The number of para-hydroxylation sites is 2. The lowest BCUT2D eigenvalue weighted by Gasteiger charge is -2.21. The Kier molecular flexibility index (Phi) is 5.49. The molecule has 134 valence electrons. The minimum absolute atomic E-state index is 0.0815. The van der Waals surface area contributed by atoms with Crippen LogP contribution in [0.4, 0.5) is 0 Å². The van der Waals surface area contributed by atoms with Gasteiger partial charge in [-0.15, -0.1) is 0 Å². The van der Waals surface area contributed by atoms with Gasteiger partial charge in [0.25, 0.3) is 5.91 Å². The number of carbonyl (C=O) groups is 1. The number of aliphatic hydroxyl groups excluding tert-OH is 1. The number of benzene rings is 2. The second-order valence-corrected chi connectivity index (χ2v) is 6.28. The lowest BCUT2D eigenvalue weighted by molar-refractivity contribution is -0.140. The SMILES string of the molecule is Cc1ccccc1OC[C@@H](O)C(=O)N(C)Cc1cccc2cccnc12. The first-order chi connectivity index (χ1) is 12.6. The van der Waals surface area contributed by atoms with E-state index in [4.69, 9.17) is 4.74 Å². The van der Waals surface area contributed by atoms with E-state index in [0.717, 1.165) is 22.0 Å². The van der Waals surface area contributed by atoms with Crippen LogP contribution in [-0.4, -0.2) is 40.7 Å². The van der Waals surface area contributed by atoms with Crippen molar-refractivity contribution in [2.45, 2.75) is 19.6 Å². The van der Waals surface area contributed by atoms with E-state index >= 15 is 0 Å². The van der Waals surface area contributed by atoms with Gasteiger partial charge >= 0.3 is 0 Å². The number of aliphatic hydroxyl groups is 1. The number of fused-ring (bicyclic) bond motifs is 1. The summed E-state index contributed by atoms with van der Waals surface area (Å²) in [5.74, 6) is 0.284. The third-order valence-electron chi connectivity index (χ3n) is 4.28. The summed E-state index contributed by atoms with van der Waals surface area (Å²) in [5, 5.41) is 11.2. The van der Waals surface area contributed by atoms with Crippen molar-refractivity contribution in [3.63, 3.8) is 0 Å². The van der Waals surface area contributed by atoms with Crippen molar-refractivity contribution in [2.24, 2.45) is 0 Å². The second kappa shape index (κ2) is 7.97. The van der Waals surface area contributed by atoms with Crippen LogP contribution in [0.2, 0.25) is 0 Å². The highest BCUT2D eigenvalue weighted by Crippen LogP contribution is 2.18. The van der Waals surface area contributed by atoms with Crippen LogP contribution in [0.5, 0.6) is 5.75 Å². The van der Waals surface area contributed by atoms with Gasteiger partial charge < -0.3 is 14.7 Å². The van der Waals surface area contributed by atoms with Crippen LogP contribution in [0.1, 0.15) is 11.1 Å². The summed E-state index contributed by atoms with van der Waals surface area (Å²) >= 11 is 0. The molecule has 5 heteroatoms. The molecule has 0 radical (unpaired) electrons. The zero-order valence-corrected chi connectivity index (χ0v) is 14.9. The van der Waals surface area contributed by atoms with Gasteiger partial charge in [0.15, 0.2) is 6.10 Å². The molecule has 1 heterocycles. The maximum absolute atomic E-state index is 12.5. The number of amides is 1. The van der Waals surface area contributed by atoms with E-state index in [9.17, 15) is 9.90 Å². The highest BCUT2D eigenvalue weighted by molar-refractivity contribution is 5.83. The van der Waals surface area contributed by atoms with Crippen molar-refractivity contribution in [3.05, 3.63) is 71.9 Å². The van der Waals surface area contributed by atoms with Gasteiger partial charge in [0.05, 0.1) is 5.52 Å². The number of aryl methyl sites for hydroxylation is 1. The average Bonchev–Trinajstić information content (AvgIpc) is 2.66. The van der Waals surface area contributed by atoms with E-state index in [1.54, 1.807) is 13.2 Å². The van der Waals surface area contributed by atoms with E-state index in [-0.39, 0.29) is 12.5 Å². The van der Waals surface area contributed by atoms with Crippen LogP contribution in [0.25, 0.3) is 10.9 Å². The van der Waals surface area contributed by atoms with E-state index in [0.29, 0.717) is 12.3 Å². The number of rotatable bonds is 6. The Hall–Kier alpha value is -2.92. The van der Waals surface area contributed by atoms with Gasteiger partial charge in [0.2, 0.25) is 0 Å². The Bertz CT molecular complexity index is 905. The molecule has 1 N–H and O–H groups in total. The fourth-order valence-electron chi connectivity index (χ4n) is 2.84. The first-order valence-corrected chi connectivity index (χ1v) is 8.50. The van der Waals surface area contributed by atoms with Crippen molar-refractivity contribution >= 4 is 16.8 Å². The molecular formula is C21H22N2O3. The molecule has 0 bridgehead atoms. The first kappa shape index (κ1) is 17.9. The summed E-state index contributed by atoms with van der Waals surface area (Å²) in [6.45, 7) is 2.21. The largest absolute Gasteiger partial charge is 0.490 e. The Morgan fingerprint density at radius 3 is 2.73 bits per heavy atom. The van der Waals surface area contributed by atoms with Gasteiger partial charge in [0, 0.05) is 25.2 Å². The smallest absolute Gasteiger partial charge is 0.255 e. The van der Waals surface area contributed by atoms with Crippen LogP contribution < -0.4 is 4.74 Å². The fraction of sp³-hybridized carbons (Fsp3) is 0.238. The van der Waals surface area contributed by atoms with E-state index < -0.39 is 6.10 Å². The fourth-order valence-corrected chi connectivity index (χ4v) is 2.84. The predicted molar refractivity (Wildman–Crippen MR) is 101 cm³/mol. The van der Waals surface area contributed by atoms with Gasteiger partial charge in [-0.3, -0.25) is 9.78 Å². The van der Waals surface area contributed by atoms with Gasteiger partial charge in [-0.25, -0.2) is 0 Å². The number of hydrogen-bond donors (Lipinski definition) is 1. The molecule has 1 aromatic heterocycles. The number of hydrogen-bond acceptors (Lipinski definition) is 4. The molecule has 5 nitrogen and oxygen atoms in total. The van der Waals surface area contributed by atoms with Gasteiger partial charge in [0.1, 0.15) is 12.4 Å². The molecule has 0 aliphatic rings. The molecule has 0 saturated carbocycles. The van der Waals surface area contributed by atoms with Crippen molar-refractivity contribution in [1.82, 2.24) is 9.88 Å². The van der Waals surface area contributed by atoms with Crippen molar-refractivity contribution in [2.75, 3.05) is 13.7 Å². The molecular weight excluding hydrogens is 328 g/mol. The van der Waals surface area contributed by atoms with Crippen LogP contribution >= 0.6 is 0 Å². The average molecular weight is 350 g/mol. The Morgan fingerprint density at radius 1 is 1.15 bits per heavy atom. The van der Waals surface area contributed by atoms with Crippen LogP contribution in [0.15, 0.2) is 60.8 Å². The second-order valence-electron chi connectivity index (χ2n) is 6.28. The molecule has 0 aliphatic carbocycles. The molecule has 26 heavy (non-hydrogen) atoms. The Labute approximate surface area is 152 Å². The maximum atomic E-state index is 12.5.